The van der Waals surface area contributed by atoms with Gasteiger partial charge in [-0.2, -0.15) is 11.3 Å². The van der Waals surface area contributed by atoms with Crippen LogP contribution in [0.3, 0.4) is 0 Å². The number of nitrogens with two attached hydrogens (primary N) is 1. The molecular formula is C6H8N2OS. The normalized spacial score (nSPS) is 12.9. The first-order valence-corrected chi connectivity index (χ1v) is 3.70. The van der Waals surface area contributed by atoms with Crippen molar-refractivity contribution in [3.8, 4) is 0 Å². The van der Waals surface area contributed by atoms with Gasteiger partial charge in [0.05, 0.1) is 0 Å². The van der Waals surface area contributed by atoms with E-state index in [1.54, 1.807) is 11.4 Å². The summed E-state index contributed by atoms with van der Waals surface area (Å²) in [6.07, 6.45) is -0.925. The number of nitrogens with one attached hydrogen (secondary N) is 1. The second-order valence-corrected chi connectivity index (χ2v) is 2.69. The number of rotatable bonds is 2. The van der Waals surface area contributed by atoms with Gasteiger partial charge in [-0.25, -0.2) is 0 Å². The first-order chi connectivity index (χ1) is 4.72. The van der Waals surface area contributed by atoms with Crippen LogP contribution in [0.25, 0.3) is 0 Å². The van der Waals surface area contributed by atoms with Gasteiger partial charge in [-0.3, -0.25) is 5.41 Å². The molecule has 10 heavy (non-hydrogen) atoms. The number of aliphatic hydroxyl groups excluding tert-OH is 1. The monoisotopic (exact) mass is 156 g/mol. The summed E-state index contributed by atoms with van der Waals surface area (Å²) in [6.45, 7) is 0. The first-order valence-electron chi connectivity index (χ1n) is 2.76. The summed E-state index contributed by atoms with van der Waals surface area (Å²) in [5.74, 6) is -0.210. The summed E-state index contributed by atoms with van der Waals surface area (Å²) >= 11 is 1.47. The predicted octanol–water partition coefficient (Wildman–Crippen LogP) is 0.717. The average Bonchev–Trinajstić information content (AvgIpc) is 2.36. The lowest BCUT2D eigenvalue weighted by Crippen LogP contribution is -2.19. The molecule has 0 saturated heterocycles. The molecule has 1 aromatic heterocycles. The molecule has 3 nitrogen and oxygen atoms in total. The molecule has 0 aromatic carbocycles. The molecule has 54 valence electrons. The van der Waals surface area contributed by atoms with Crippen molar-refractivity contribution in [2.45, 2.75) is 6.10 Å². The second kappa shape index (κ2) is 2.81. The maximum absolute atomic E-state index is 9.14. The Bertz CT molecular complexity index is 220. The summed E-state index contributed by atoms with van der Waals surface area (Å²) in [6, 6.07) is 1.75. The van der Waals surface area contributed by atoms with Crippen molar-refractivity contribution in [3.05, 3.63) is 22.4 Å². The number of thiophene rings is 1. The maximum Gasteiger partial charge on any atom is 0.136 e. The molecule has 1 heterocycles. The van der Waals surface area contributed by atoms with Crippen LogP contribution >= 0.6 is 11.3 Å². The number of hydrogen-bond acceptors (Lipinski definition) is 3. The van der Waals surface area contributed by atoms with Crippen LogP contribution in [0.5, 0.6) is 0 Å². The zero-order valence-corrected chi connectivity index (χ0v) is 6.06. The lowest BCUT2D eigenvalue weighted by Gasteiger charge is -2.03. The van der Waals surface area contributed by atoms with Gasteiger partial charge in [0.15, 0.2) is 0 Å². The van der Waals surface area contributed by atoms with Crippen molar-refractivity contribution < 1.29 is 5.11 Å². The molecular weight excluding hydrogens is 148 g/mol. The van der Waals surface area contributed by atoms with Crippen molar-refractivity contribution in [3.63, 3.8) is 0 Å². The molecule has 1 atom stereocenters. The molecule has 0 aliphatic carbocycles. The lowest BCUT2D eigenvalue weighted by atomic mass is 10.2. The quantitative estimate of drug-likeness (QED) is 0.436. The topological polar surface area (TPSA) is 70.1 Å². The van der Waals surface area contributed by atoms with E-state index in [4.69, 9.17) is 16.2 Å². The molecule has 0 bridgehead atoms. The van der Waals surface area contributed by atoms with Gasteiger partial charge in [-0.15, -0.1) is 0 Å². The fourth-order valence-electron chi connectivity index (χ4n) is 0.610. The van der Waals surface area contributed by atoms with Crippen LogP contribution in [-0.2, 0) is 0 Å². The summed E-state index contributed by atoms with van der Waals surface area (Å²) in [5, 5.41) is 19.7. The van der Waals surface area contributed by atoms with E-state index in [-0.39, 0.29) is 5.84 Å². The molecule has 0 saturated carbocycles. The minimum absolute atomic E-state index is 0.210. The molecule has 0 aliphatic heterocycles. The highest BCUT2D eigenvalue weighted by molar-refractivity contribution is 7.08. The van der Waals surface area contributed by atoms with E-state index in [0.717, 1.165) is 0 Å². The summed E-state index contributed by atoms with van der Waals surface area (Å²) in [7, 11) is 0. The Kier molecular flexibility index (Phi) is 2.03. The third-order valence-electron chi connectivity index (χ3n) is 1.15. The molecule has 1 unspecified atom stereocenters. The van der Waals surface area contributed by atoms with Gasteiger partial charge in [-0.05, 0) is 22.4 Å². The summed E-state index contributed by atoms with van der Waals surface area (Å²) < 4.78 is 0. The Hall–Kier alpha value is -0.870. The summed E-state index contributed by atoms with van der Waals surface area (Å²) in [5.41, 5.74) is 5.76. The van der Waals surface area contributed by atoms with Crippen LogP contribution in [-0.4, -0.2) is 10.9 Å². The van der Waals surface area contributed by atoms with Crippen molar-refractivity contribution in [1.29, 1.82) is 5.41 Å². The van der Waals surface area contributed by atoms with Crippen LogP contribution < -0.4 is 5.73 Å². The number of aliphatic hydroxyl groups is 1. The minimum atomic E-state index is -0.925. The molecule has 4 N–H and O–H groups in total. The van der Waals surface area contributed by atoms with E-state index in [1.807, 2.05) is 5.38 Å². The highest BCUT2D eigenvalue weighted by atomic mass is 32.1. The smallest absolute Gasteiger partial charge is 0.136 e. The maximum atomic E-state index is 9.14. The predicted molar refractivity (Wildman–Crippen MR) is 41.2 cm³/mol. The molecule has 0 aliphatic rings. The van der Waals surface area contributed by atoms with E-state index in [0.29, 0.717) is 5.56 Å². The molecule has 4 heteroatoms. The van der Waals surface area contributed by atoms with Gasteiger partial charge in [0.25, 0.3) is 0 Å². The Morgan fingerprint density at radius 1 is 1.80 bits per heavy atom. The largest absolute Gasteiger partial charge is 0.385 e. The van der Waals surface area contributed by atoms with E-state index in [2.05, 4.69) is 0 Å². The van der Waals surface area contributed by atoms with Gasteiger partial charge >= 0.3 is 0 Å². The SMILES string of the molecule is N=C(N)C(O)c1ccsc1. The second-order valence-electron chi connectivity index (χ2n) is 1.91. The third-order valence-corrected chi connectivity index (χ3v) is 1.85. The van der Waals surface area contributed by atoms with E-state index in [9.17, 15) is 0 Å². The van der Waals surface area contributed by atoms with Gasteiger partial charge < -0.3 is 10.8 Å². The number of amidine groups is 1. The van der Waals surface area contributed by atoms with E-state index < -0.39 is 6.10 Å². The molecule has 0 spiro atoms. The third kappa shape index (κ3) is 1.34. The molecule has 1 aromatic rings. The molecule has 0 amide bonds. The van der Waals surface area contributed by atoms with Crippen LogP contribution in [0, 0.1) is 5.41 Å². The van der Waals surface area contributed by atoms with Crippen LogP contribution in [0.4, 0.5) is 0 Å². The van der Waals surface area contributed by atoms with E-state index >= 15 is 0 Å². The summed E-state index contributed by atoms with van der Waals surface area (Å²) in [4.78, 5) is 0. The van der Waals surface area contributed by atoms with Crippen LogP contribution in [0.1, 0.15) is 11.7 Å². The molecule has 0 fully saturated rings. The Morgan fingerprint density at radius 3 is 2.90 bits per heavy atom. The highest BCUT2D eigenvalue weighted by Crippen LogP contribution is 2.14. The highest BCUT2D eigenvalue weighted by Gasteiger charge is 2.09. The van der Waals surface area contributed by atoms with Gasteiger partial charge in [0.1, 0.15) is 11.9 Å². The molecule has 0 radical (unpaired) electrons. The van der Waals surface area contributed by atoms with Gasteiger partial charge in [0.2, 0.25) is 0 Å². The Morgan fingerprint density at radius 2 is 2.50 bits per heavy atom. The van der Waals surface area contributed by atoms with Crippen molar-refractivity contribution in [2.24, 2.45) is 5.73 Å². The lowest BCUT2D eigenvalue weighted by molar-refractivity contribution is 0.245. The zero-order valence-electron chi connectivity index (χ0n) is 5.24. The van der Waals surface area contributed by atoms with Crippen molar-refractivity contribution in [1.82, 2.24) is 0 Å². The standard InChI is InChI=1S/C6H8N2OS/c7-6(8)5(9)4-1-2-10-3-4/h1-3,5,9H,(H3,7,8). The Balaban J connectivity index is 2.77. The fraction of sp³-hybridized carbons (Fsp3) is 0.167. The van der Waals surface area contributed by atoms with Gasteiger partial charge in [-0.1, -0.05) is 0 Å². The van der Waals surface area contributed by atoms with Gasteiger partial charge in [0, 0.05) is 0 Å². The van der Waals surface area contributed by atoms with E-state index in [1.165, 1.54) is 11.3 Å². The zero-order chi connectivity index (χ0) is 7.56. The Labute approximate surface area is 62.6 Å². The van der Waals surface area contributed by atoms with Crippen LogP contribution in [0.2, 0.25) is 0 Å². The van der Waals surface area contributed by atoms with Crippen molar-refractivity contribution in [2.75, 3.05) is 0 Å². The fourth-order valence-corrected chi connectivity index (χ4v) is 1.29. The van der Waals surface area contributed by atoms with Crippen LogP contribution in [0.15, 0.2) is 16.8 Å². The average molecular weight is 156 g/mol. The minimum Gasteiger partial charge on any atom is -0.385 e. The van der Waals surface area contributed by atoms with Crippen molar-refractivity contribution >= 4 is 17.2 Å². The first kappa shape index (κ1) is 7.24. The molecule has 1 rings (SSSR count). The number of hydrogen-bond donors (Lipinski definition) is 3.